The molecule has 2 aromatic carbocycles. The predicted octanol–water partition coefficient (Wildman–Crippen LogP) is 4.33. The molecule has 2 amide bonds. The minimum absolute atomic E-state index is 0.151. The second kappa shape index (κ2) is 10.0. The average Bonchev–Trinajstić information content (AvgIpc) is 2.65. The highest BCUT2D eigenvalue weighted by Gasteiger charge is 2.27. The number of carbonyl (C=O) groups excluding carboxylic acids is 2. The Hall–Kier alpha value is -2.69. The highest BCUT2D eigenvalue weighted by atomic mass is 19.1. The van der Waals surface area contributed by atoms with E-state index < -0.39 is 6.04 Å². The lowest BCUT2D eigenvalue weighted by molar-refractivity contribution is -0.134. The predicted molar refractivity (Wildman–Crippen MR) is 109 cm³/mol. The summed E-state index contributed by atoms with van der Waals surface area (Å²) in [7, 11) is 0. The van der Waals surface area contributed by atoms with Gasteiger partial charge in [-0.25, -0.2) is 4.39 Å². The average molecular weight is 384 g/mol. The number of nitrogens with zero attached hydrogens (tertiary/aromatic N) is 1. The molecule has 0 fully saturated rings. The Balaban J connectivity index is 2.18. The number of aryl methyl sites for hydroxylation is 1. The molecule has 1 atom stereocenters. The number of likely N-dealkylation sites (N-methyl/N-ethyl adjacent to an activating group) is 1. The Bertz CT molecular complexity index is 820. The number of benzene rings is 2. The van der Waals surface area contributed by atoms with Crippen LogP contribution in [0.5, 0.6) is 0 Å². The topological polar surface area (TPSA) is 49.4 Å². The van der Waals surface area contributed by atoms with Crippen LogP contribution in [0.4, 0.5) is 4.39 Å². The lowest BCUT2D eigenvalue weighted by Gasteiger charge is -2.28. The van der Waals surface area contributed by atoms with Gasteiger partial charge in [0.25, 0.3) is 5.91 Å². The number of amides is 2. The summed E-state index contributed by atoms with van der Waals surface area (Å²) in [4.78, 5) is 27.6. The van der Waals surface area contributed by atoms with Gasteiger partial charge in [0.1, 0.15) is 11.9 Å². The fraction of sp³-hybridized carbons (Fsp3) is 0.391. The molecule has 28 heavy (non-hydrogen) atoms. The van der Waals surface area contributed by atoms with Gasteiger partial charge in [0, 0.05) is 18.7 Å². The molecule has 0 saturated carbocycles. The van der Waals surface area contributed by atoms with Crippen molar-refractivity contribution in [2.24, 2.45) is 5.92 Å². The summed E-state index contributed by atoms with van der Waals surface area (Å²) in [5.74, 6) is -0.493. The number of halogens is 1. The van der Waals surface area contributed by atoms with E-state index in [1.165, 1.54) is 12.1 Å². The molecule has 2 rings (SSSR count). The van der Waals surface area contributed by atoms with E-state index in [0.717, 1.165) is 11.1 Å². The van der Waals surface area contributed by atoms with Crippen molar-refractivity contribution in [3.05, 3.63) is 71.0 Å². The zero-order valence-electron chi connectivity index (χ0n) is 17.0. The molecule has 5 heteroatoms. The van der Waals surface area contributed by atoms with Crippen LogP contribution >= 0.6 is 0 Å². The van der Waals surface area contributed by atoms with Crippen LogP contribution in [0, 0.1) is 18.7 Å². The van der Waals surface area contributed by atoms with E-state index in [2.05, 4.69) is 5.32 Å². The number of rotatable bonds is 8. The van der Waals surface area contributed by atoms with E-state index in [4.69, 9.17) is 0 Å². The van der Waals surface area contributed by atoms with Crippen LogP contribution in [0.3, 0.4) is 0 Å². The van der Waals surface area contributed by atoms with Crippen LogP contribution in [-0.2, 0) is 11.3 Å². The monoisotopic (exact) mass is 384 g/mol. The SMILES string of the molecule is CCN(Cc1cccc(F)c1)C(=O)C(CC(C)C)NC(=O)c1ccccc1C. The normalized spacial score (nSPS) is 11.9. The molecule has 0 radical (unpaired) electrons. The third-order valence-electron chi connectivity index (χ3n) is 4.66. The minimum atomic E-state index is -0.624. The van der Waals surface area contributed by atoms with E-state index in [0.29, 0.717) is 25.1 Å². The largest absolute Gasteiger partial charge is 0.340 e. The summed E-state index contributed by atoms with van der Waals surface area (Å²) in [6.45, 7) is 8.57. The van der Waals surface area contributed by atoms with Crippen molar-refractivity contribution in [2.75, 3.05) is 6.54 Å². The lowest BCUT2D eigenvalue weighted by atomic mass is 10.0. The number of nitrogens with one attached hydrogen (secondary N) is 1. The third-order valence-corrected chi connectivity index (χ3v) is 4.66. The summed E-state index contributed by atoms with van der Waals surface area (Å²) in [6.07, 6.45) is 0.538. The van der Waals surface area contributed by atoms with E-state index in [1.807, 2.05) is 45.9 Å². The van der Waals surface area contributed by atoms with E-state index in [-0.39, 0.29) is 23.5 Å². The fourth-order valence-electron chi connectivity index (χ4n) is 3.18. The van der Waals surface area contributed by atoms with Gasteiger partial charge in [0.15, 0.2) is 0 Å². The minimum Gasteiger partial charge on any atom is -0.340 e. The molecule has 0 aliphatic carbocycles. The number of hydrogen-bond acceptors (Lipinski definition) is 2. The maximum atomic E-state index is 13.5. The van der Waals surface area contributed by atoms with Crippen LogP contribution in [0.25, 0.3) is 0 Å². The lowest BCUT2D eigenvalue weighted by Crippen LogP contribution is -2.49. The molecular weight excluding hydrogens is 355 g/mol. The maximum Gasteiger partial charge on any atom is 0.252 e. The van der Waals surface area contributed by atoms with Gasteiger partial charge < -0.3 is 10.2 Å². The van der Waals surface area contributed by atoms with Gasteiger partial charge in [-0.1, -0.05) is 44.2 Å². The molecule has 4 nitrogen and oxygen atoms in total. The summed E-state index contributed by atoms with van der Waals surface area (Å²) in [6, 6.07) is 12.9. The summed E-state index contributed by atoms with van der Waals surface area (Å²) in [5.41, 5.74) is 2.16. The van der Waals surface area contributed by atoms with Crippen LogP contribution in [0.2, 0.25) is 0 Å². The highest BCUT2D eigenvalue weighted by Crippen LogP contribution is 2.14. The van der Waals surface area contributed by atoms with Gasteiger partial charge in [-0.15, -0.1) is 0 Å². The first-order valence-electron chi connectivity index (χ1n) is 9.71. The van der Waals surface area contributed by atoms with Gasteiger partial charge in [0.05, 0.1) is 0 Å². The quantitative estimate of drug-likeness (QED) is 0.737. The molecule has 150 valence electrons. The smallest absolute Gasteiger partial charge is 0.252 e. The van der Waals surface area contributed by atoms with Gasteiger partial charge in [-0.2, -0.15) is 0 Å². The first-order valence-corrected chi connectivity index (χ1v) is 9.71. The first kappa shape index (κ1) is 21.6. The molecule has 0 heterocycles. The van der Waals surface area contributed by atoms with Crippen molar-refractivity contribution in [1.82, 2.24) is 10.2 Å². The molecule has 0 spiro atoms. The Labute approximate surface area is 166 Å². The molecule has 2 aromatic rings. The van der Waals surface area contributed by atoms with Crippen LogP contribution in [-0.4, -0.2) is 29.3 Å². The zero-order valence-corrected chi connectivity index (χ0v) is 17.0. The van der Waals surface area contributed by atoms with Crippen molar-refractivity contribution in [3.8, 4) is 0 Å². The second-order valence-electron chi connectivity index (χ2n) is 7.45. The van der Waals surface area contributed by atoms with Gasteiger partial charge in [-0.3, -0.25) is 9.59 Å². The third kappa shape index (κ3) is 5.91. The Morgan fingerprint density at radius 1 is 1.11 bits per heavy atom. The number of carbonyl (C=O) groups is 2. The van der Waals surface area contributed by atoms with Crippen molar-refractivity contribution in [1.29, 1.82) is 0 Å². The van der Waals surface area contributed by atoms with Crippen LogP contribution in [0.15, 0.2) is 48.5 Å². The second-order valence-corrected chi connectivity index (χ2v) is 7.45. The molecule has 0 aliphatic heterocycles. The Morgan fingerprint density at radius 3 is 2.43 bits per heavy atom. The molecule has 1 N–H and O–H groups in total. The van der Waals surface area contributed by atoms with Crippen molar-refractivity contribution in [3.63, 3.8) is 0 Å². The Morgan fingerprint density at radius 2 is 1.82 bits per heavy atom. The fourth-order valence-corrected chi connectivity index (χ4v) is 3.18. The van der Waals surface area contributed by atoms with E-state index in [9.17, 15) is 14.0 Å². The molecule has 0 aliphatic rings. The van der Waals surface area contributed by atoms with Gasteiger partial charge in [-0.05, 0) is 55.5 Å². The standard InChI is InChI=1S/C23H29FN2O2/c1-5-26(15-18-10-8-11-19(24)14-18)23(28)21(13-16(2)3)25-22(27)20-12-7-6-9-17(20)4/h6-12,14,16,21H,5,13,15H2,1-4H3,(H,25,27). The van der Waals surface area contributed by atoms with Gasteiger partial charge in [0.2, 0.25) is 5.91 Å². The van der Waals surface area contributed by atoms with Crippen molar-refractivity contribution < 1.29 is 14.0 Å². The van der Waals surface area contributed by atoms with E-state index >= 15 is 0 Å². The summed E-state index contributed by atoms with van der Waals surface area (Å²) in [5, 5.41) is 2.91. The molecule has 1 unspecified atom stereocenters. The van der Waals surface area contributed by atoms with Crippen molar-refractivity contribution >= 4 is 11.8 Å². The Kier molecular flexibility index (Phi) is 7.73. The highest BCUT2D eigenvalue weighted by molar-refractivity contribution is 5.98. The molecular formula is C23H29FN2O2. The molecule has 0 saturated heterocycles. The summed E-state index contributed by atoms with van der Waals surface area (Å²) >= 11 is 0. The first-order chi connectivity index (χ1) is 13.3. The van der Waals surface area contributed by atoms with Crippen LogP contribution in [0.1, 0.15) is 48.7 Å². The zero-order chi connectivity index (χ0) is 20.7. The van der Waals surface area contributed by atoms with Gasteiger partial charge >= 0.3 is 0 Å². The number of hydrogen-bond donors (Lipinski definition) is 1. The summed E-state index contributed by atoms with van der Waals surface area (Å²) < 4.78 is 13.5. The van der Waals surface area contributed by atoms with Crippen molar-refractivity contribution in [2.45, 2.75) is 46.7 Å². The maximum absolute atomic E-state index is 13.5. The molecule has 0 aromatic heterocycles. The van der Waals surface area contributed by atoms with Crippen LogP contribution < -0.4 is 5.32 Å². The van der Waals surface area contributed by atoms with E-state index in [1.54, 1.807) is 23.1 Å². The molecule has 0 bridgehead atoms.